The number of fused-ring (bicyclic) bond motifs is 1. The van der Waals surface area contributed by atoms with E-state index >= 15 is 0 Å². The summed E-state index contributed by atoms with van der Waals surface area (Å²) in [6.07, 6.45) is 2.77. The highest BCUT2D eigenvalue weighted by Crippen LogP contribution is 2.43. The van der Waals surface area contributed by atoms with Gasteiger partial charge in [0.25, 0.3) is 0 Å². The third-order valence-corrected chi connectivity index (χ3v) is 4.53. The number of hydrogen-bond donors (Lipinski definition) is 2. The molecule has 0 aromatic heterocycles. The lowest BCUT2D eigenvalue weighted by atomic mass is 9.86. The molecular formula is C16H23NO4. The van der Waals surface area contributed by atoms with E-state index in [1.807, 2.05) is 12.1 Å². The number of rotatable bonds is 4. The van der Waals surface area contributed by atoms with Gasteiger partial charge in [0.05, 0.1) is 13.2 Å². The molecule has 21 heavy (non-hydrogen) atoms. The molecule has 116 valence electrons. The molecule has 2 aliphatic rings. The Morgan fingerprint density at radius 3 is 3.05 bits per heavy atom. The van der Waals surface area contributed by atoms with Gasteiger partial charge < -0.3 is 24.6 Å². The Morgan fingerprint density at radius 2 is 2.29 bits per heavy atom. The largest absolute Gasteiger partial charge is 0.493 e. The molecule has 1 aromatic rings. The van der Waals surface area contributed by atoms with Crippen LogP contribution in [0.4, 0.5) is 0 Å². The summed E-state index contributed by atoms with van der Waals surface area (Å²) in [7, 11) is 1.60. The Hall–Kier alpha value is -1.46. The quantitative estimate of drug-likeness (QED) is 0.891. The topological polar surface area (TPSA) is 60.0 Å². The Balaban J connectivity index is 1.82. The van der Waals surface area contributed by atoms with Crippen LogP contribution in [0, 0.1) is 5.92 Å². The van der Waals surface area contributed by atoms with Crippen LogP contribution in [-0.2, 0) is 0 Å². The fourth-order valence-corrected chi connectivity index (χ4v) is 3.20. The maximum absolute atomic E-state index is 10.7. The van der Waals surface area contributed by atoms with Gasteiger partial charge in [0.2, 0.25) is 12.5 Å². The van der Waals surface area contributed by atoms with Gasteiger partial charge in [-0.25, -0.2) is 0 Å². The van der Waals surface area contributed by atoms with Gasteiger partial charge in [-0.2, -0.15) is 0 Å². The fourth-order valence-electron chi connectivity index (χ4n) is 3.20. The Morgan fingerprint density at radius 1 is 1.43 bits per heavy atom. The van der Waals surface area contributed by atoms with Crippen molar-refractivity contribution in [1.29, 1.82) is 0 Å². The number of methoxy groups -OCH3 is 1. The minimum absolute atomic E-state index is 0.0776. The lowest BCUT2D eigenvalue weighted by Crippen LogP contribution is -2.42. The minimum Gasteiger partial charge on any atom is -0.493 e. The average Bonchev–Trinajstić information content (AvgIpc) is 3.01. The molecule has 5 heteroatoms. The second kappa shape index (κ2) is 6.12. The first-order valence-corrected chi connectivity index (χ1v) is 7.62. The molecule has 0 saturated carbocycles. The zero-order valence-electron chi connectivity index (χ0n) is 12.6. The third-order valence-electron chi connectivity index (χ3n) is 4.53. The minimum atomic E-state index is -0.567. The predicted octanol–water partition coefficient (Wildman–Crippen LogP) is 2.24. The number of hydrogen-bond acceptors (Lipinski definition) is 5. The second-order valence-electron chi connectivity index (χ2n) is 5.76. The van der Waals surface area contributed by atoms with E-state index in [-0.39, 0.29) is 12.8 Å². The Bertz CT molecular complexity index is 505. The lowest BCUT2D eigenvalue weighted by Gasteiger charge is -2.33. The van der Waals surface area contributed by atoms with Crippen LogP contribution in [0.15, 0.2) is 12.1 Å². The van der Waals surface area contributed by atoms with E-state index in [1.165, 1.54) is 6.42 Å². The highest BCUT2D eigenvalue weighted by Gasteiger charge is 2.29. The number of aliphatic hydroxyl groups is 1. The van der Waals surface area contributed by atoms with Crippen molar-refractivity contribution in [3.63, 3.8) is 0 Å². The summed E-state index contributed by atoms with van der Waals surface area (Å²) in [5.41, 5.74) is 0.811. The number of ether oxygens (including phenoxy) is 3. The van der Waals surface area contributed by atoms with Crippen LogP contribution in [0.25, 0.3) is 0 Å². The van der Waals surface area contributed by atoms with Crippen molar-refractivity contribution in [3.05, 3.63) is 17.7 Å². The van der Waals surface area contributed by atoms with E-state index in [1.54, 1.807) is 7.11 Å². The summed E-state index contributed by atoms with van der Waals surface area (Å²) in [5.74, 6) is 2.56. The Kier molecular flexibility index (Phi) is 4.22. The molecule has 1 fully saturated rings. The molecule has 5 nitrogen and oxygen atoms in total. The second-order valence-corrected chi connectivity index (χ2v) is 5.76. The van der Waals surface area contributed by atoms with E-state index < -0.39 is 6.10 Å². The zero-order chi connectivity index (χ0) is 14.8. The molecule has 2 aliphatic heterocycles. The molecular weight excluding hydrogens is 270 g/mol. The highest BCUT2D eigenvalue weighted by atomic mass is 16.7. The summed E-state index contributed by atoms with van der Waals surface area (Å²) >= 11 is 0. The van der Waals surface area contributed by atoms with Gasteiger partial charge in [-0.3, -0.25) is 0 Å². The van der Waals surface area contributed by atoms with Crippen molar-refractivity contribution < 1.29 is 19.3 Å². The third kappa shape index (κ3) is 2.80. The van der Waals surface area contributed by atoms with E-state index in [9.17, 15) is 5.11 Å². The van der Waals surface area contributed by atoms with Gasteiger partial charge in [0, 0.05) is 6.04 Å². The number of benzene rings is 1. The molecule has 3 atom stereocenters. The fraction of sp³-hybridized carbons (Fsp3) is 0.625. The first-order chi connectivity index (χ1) is 10.2. The van der Waals surface area contributed by atoms with E-state index in [0.717, 1.165) is 24.9 Å². The summed E-state index contributed by atoms with van der Waals surface area (Å²) < 4.78 is 16.2. The van der Waals surface area contributed by atoms with Crippen molar-refractivity contribution in [3.8, 4) is 17.2 Å². The molecule has 0 radical (unpaired) electrons. The predicted molar refractivity (Wildman–Crippen MR) is 78.9 cm³/mol. The molecule has 1 aromatic carbocycles. The summed E-state index contributed by atoms with van der Waals surface area (Å²) in [6, 6.07) is 3.77. The van der Waals surface area contributed by atoms with Crippen LogP contribution < -0.4 is 19.5 Å². The molecule has 3 rings (SSSR count). The normalized spacial score (nSPS) is 25.7. The van der Waals surface area contributed by atoms with Gasteiger partial charge >= 0.3 is 0 Å². The van der Waals surface area contributed by atoms with Crippen LogP contribution in [0.2, 0.25) is 0 Å². The summed E-state index contributed by atoms with van der Waals surface area (Å²) in [5, 5.41) is 14.1. The van der Waals surface area contributed by atoms with Gasteiger partial charge in [0.1, 0.15) is 0 Å². The van der Waals surface area contributed by atoms with E-state index in [2.05, 4.69) is 12.2 Å². The number of aliphatic hydroxyl groups excluding tert-OH is 1. The summed E-state index contributed by atoms with van der Waals surface area (Å²) in [6.45, 7) is 3.37. The van der Waals surface area contributed by atoms with Crippen molar-refractivity contribution in [1.82, 2.24) is 5.32 Å². The Labute approximate surface area is 125 Å². The van der Waals surface area contributed by atoms with Gasteiger partial charge in [-0.1, -0.05) is 13.3 Å². The maximum atomic E-state index is 10.7. The molecule has 0 spiro atoms. The summed E-state index contributed by atoms with van der Waals surface area (Å²) in [4.78, 5) is 0. The molecule has 2 N–H and O–H groups in total. The smallest absolute Gasteiger partial charge is 0.231 e. The van der Waals surface area contributed by atoms with E-state index in [4.69, 9.17) is 14.2 Å². The first-order valence-electron chi connectivity index (χ1n) is 7.62. The van der Waals surface area contributed by atoms with Crippen LogP contribution in [0.5, 0.6) is 17.2 Å². The van der Waals surface area contributed by atoms with Crippen LogP contribution in [-0.4, -0.2) is 31.6 Å². The number of nitrogens with one attached hydrogen (secondary N) is 1. The molecule has 0 amide bonds. The maximum Gasteiger partial charge on any atom is 0.231 e. The van der Waals surface area contributed by atoms with Gasteiger partial charge in [-0.05, 0) is 43.0 Å². The van der Waals surface area contributed by atoms with Gasteiger partial charge in [-0.15, -0.1) is 0 Å². The zero-order valence-corrected chi connectivity index (χ0v) is 12.6. The van der Waals surface area contributed by atoms with Crippen molar-refractivity contribution in [2.45, 2.75) is 38.3 Å². The van der Waals surface area contributed by atoms with Gasteiger partial charge in [0.15, 0.2) is 11.5 Å². The monoisotopic (exact) mass is 293 g/mol. The standard InChI is InChI=1S/C16H23NO4/c1-3-10-4-5-17-12(6-10)15(18)11-7-13(19-2)16-14(8-11)20-9-21-16/h7-8,10,12,15,17-18H,3-6,9H2,1-2H3. The lowest BCUT2D eigenvalue weighted by molar-refractivity contribution is 0.0975. The van der Waals surface area contributed by atoms with Crippen molar-refractivity contribution >= 4 is 0 Å². The number of piperidine rings is 1. The van der Waals surface area contributed by atoms with Crippen molar-refractivity contribution in [2.75, 3.05) is 20.4 Å². The van der Waals surface area contributed by atoms with Crippen LogP contribution >= 0.6 is 0 Å². The van der Waals surface area contributed by atoms with E-state index in [0.29, 0.717) is 23.2 Å². The van der Waals surface area contributed by atoms with Crippen LogP contribution in [0.3, 0.4) is 0 Å². The van der Waals surface area contributed by atoms with Crippen molar-refractivity contribution in [2.24, 2.45) is 5.92 Å². The first kappa shape index (κ1) is 14.5. The molecule has 0 aliphatic carbocycles. The SMILES string of the molecule is CCC1CCNC(C(O)c2cc(OC)c3c(c2)OCO3)C1. The highest BCUT2D eigenvalue weighted by molar-refractivity contribution is 5.55. The molecule has 3 unspecified atom stereocenters. The molecule has 0 bridgehead atoms. The molecule has 1 saturated heterocycles. The van der Waals surface area contributed by atoms with Crippen LogP contribution in [0.1, 0.15) is 37.9 Å². The molecule has 2 heterocycles. The average molecular weight is 293 g/mol.